The number of hydrogen-bond donors (Lipinski definition) is 1. The van der Waals surface area contributed by atoms with E-state index < -0.39 is 0 Å². The SMILES string of the molecule is COC1CC(OC2CC(O)C(C)C(C)O2)C(C)C(C)O1. The van der Waals surface area contributed by atoms with E-state index in [1.165, 1.54) is 0 Å². The van der Waals surface area contributed by atoms with Crippen molar-refractivity contribution in [2.24, 2.45) is 11.8 Å². The zero-order valence-electron chi connectivity index (χ0n) is 13.1. The molecule has 20 heavy (non-hydrogen) atoms. The Morgan fingerprint density at radius 1 is 0.900 bits per heavy atom. The normalized spacial score (nSPS) is 50.1. The molecule has 0 aromatic carbocycles. The van der Waals surface area contributed by atoms with Crippen LogP contribution in [-0.4, -0.2) is 49.2 Å². The van der Waals surface area contributed by atoms with Gasteiger partial charge in [0.05, 0.1) is 24.4 Å². The average Bonchev–Trinajstić information content (AvgIpc) is 2.40. The summed E-state index contributed by atoms with van der Waals surface area (Å²) in [4.78, 5) is 0. The van der Waals surface area contributed by atoms with Crippen LogP contribution in [0.2, 0.25) is 0 Å². The Morgan fingerprint density at radius 3 is 2.10 bits per heavy atom. The van der Waals surface area contributed by atoms with Crippen molar-refractivity contribution in [1.82, 2.24) is 0 Å². The second-order valence-electron chi connectivity index (χ2n) is 6.21. The monoisotopic (exact) mass is 288 g/mol. The molecule has 0 aromatic rings. The lowest BCUT2D eigenvalue weighted by molar-refractivity contribution is -0.287. The molecule has 0 bridgehead atoms. The molecule has 2 saturated heterocycles. The van der Waals surface area contributed by atoms with E-state index >= 15 is 0 Å². The first kappa shape index (κ1) is 16.2. The van der Waals surface area contributed by atoms with Gasteiger partial charge in [0.1, 0.15) is 0 Å². The molecule has 0 amide bonds. The maximum Gasteiger partial charge on any atom is 0.160 e. The smallest absolute Gasteiger partial charge is 0.160 e. The van der Waals surface area contributed by atoms with Crippen LogP contribution < -0.4 is 0 Å². The second-order valence-corrected chi connectivity index (χ2v) is 6.21. The van der Waals surface area contributed by atoms with E-state index in [2.05, 4.69) is 6.92 Å². The van der Waals surface area contributed by atoms with Gasteiger partial charge >= 0.3 is 0 Å². The number of methoxy groups -OCH3 is 1. The van der Waals surface area contributed by atoms with Crippen LogP contribution in [0, 0.1) is 11.8 Å². The summed E-state index contributed by atoms with van der Waals surface area (Å²) in [6.45, 7) is 8.14. The number of aliphatic hydroxyl groups is 1. The van der Waals surface area contributed by atoms with Gasteiger partial charge in [-0.25, -0.2) is 0 Å². The fourth-order valence-electron chi connectivity index (χ4n) is 2.88. The molecule has 0 aliphatic carbocycles. The van der Waals surface area contributed by atoms with Crippen molar-refractivity contribution in [1.29, 1.82) is 0 Å². The zero-order chi connectivity index (χ0) is 14.9. The van der Waals surface area contributed by atoms with Crippen molar-refractivity contribution in [3.63, 3.8) is 0 Å². The third-order valence-electron chi connectivity index (χ3n) is 4.86. The van der Waals surface area contributed by atoms with Gasteiger partial charge in [-0.15, -0.1) is 0 Å². The van der Waals surface area contributed by atoms with Gasteiger partial charge in [0.2, 0.25) is 0 Å². The van der Waals surface area contributed by atoms with Crippen LogP contribution in [0.4, 0.5) is 0 Å². The van der Waals surface area contributed by atoms with E-state index in [1.54, 1.807) is 7.11 Å². The fraction of sp³-hybridized carbons (Fsp3) is 1.00. The summed E-state index contributed by atoms with van der Waals surface area (Å²) in [5, 5.41) is 10.1. The van der Waals surface area contributed by atoms with Crippen molar-refractivity contribution < 1.29 is 24.1 Å². The molecule has 5 heteroatoms. The summed E-state index contributed by atoms with van der Waals surface area (Å²) in [5.74, 6) is 0.421. The first-order valence-corrected chi connectivity index (χ1v) is 7.59. The summed E-state index contributed by atoms with van der Waals surface area (Å²) in [6, 6.07) is 0. The van der Waals surface area contributed by atoms with E-state index in [0.717, 1.165) is 0 Å². The molecule has 1 N–H and O–H groups in total. The molecule has 0 radical (unpaired) electrons. The maximum atomic E-state index is 10.1. The van der Waals surface area contributed by atoms with E-state index in [9.17, 15) is 5.11 Å². The molecule has 0 spiro atoms. The lowest BCUT2D eigenvalue weighted by Crippen LogP contribution is -2.48. The Labute approximate surface area is 121 Å². The summed E-state index contributed by atoms with van der Waals surface area (Å²) >= 11 is 0. The van der Waals surface area contributed by atoms with E-state index in [1.807, 2.05) is 20.8 Å². The minimum atomic E-state index is -0.366. The molecule has 0 aromatic heterocycles. The first-order chi connectivity index (χ1) is 9.42. The number of ether oxygens (including phenoxy) is 4. The Balaban J connectivity index is 1.94. The quantitative estimate of drug-likeness (QED) is 0.860. The summed E-state index contributed by atoms with van der Waals surface area (Å²) in [6.07, 6.45) is 0.417. The highest BCUT2D eigenvalue weighted by atomic mass is 16.7. The predicted octanol–water partition coefficient (Wildman–Crippen LogP) is 1.92. The van der Waals surface area contributed by atoms with Crippen LogP contribution in [0.15, 0.2) is 0 Å². The van der Waals surface area contributed by atoms with Gasteiger partial charge in [0.15, 0.2) is 12.6 Å². The predicted molar refractivity (Wildman–Crippen MR) is 74.1 cm³/mol. The topological polar surface area (TPSA) is 57.2 Å². The summed E-state index contributed by atoms with van der Waals surface area (Å²) in [5.41, 5.74) is 0. The van der Waals surface area contributed by atoms with Gasteiger partial charge < -0.3 is 24.1 Å². The van der Waals surface area contributed by atoms with Crippen LogP contribution in [0.3, 0.4) is 0 Å². The molecule has 5 nitrogen and oxygen atoms in total. The van der Waals surface area contributed by atoms with Crippen molar-refractivity contribution in [2.75, 3.05) is 7.11 Å². The van der Waals surface area contributed by atoms with Gasteiger partial charge in [0, 0.05) is 31.8 Å². The standard InChI is InChI=1S/C15H28O5/c1-8-10(3)19-15(6-12(8)16)20-13-7-14(17-5)18-11(4)9(13)2/h8-16H,6-7H2,1-5H3. The van der Waals surface area contributed by atoms with E-state index in [-0.39, 0.29) is 48.8 Å². The van der Waals surface area contributed by atoms with Crippen LogP contribution in [0.5, 0.6) is 0 Å². The highest BCUT2D eigenvalue weighted by molar-refractivity contribution is 4.82. The Morgan fingerprint density at radius 2 is 1.50 bits per heavy atom. The first-order valence-electron chi connectivity index (χ1n) is 7.59. The van der Waals surface area contributed by atoms with Crippen molar-refractivity contribution in [3.8, 4) is 0 Å². The molecule has 0 saturated carbocycles. The molecule has 8 atom stereocenters. The molecule has 2 fully saturated rings. The van der Waals surface area contributed by atoms with Crippen LogP contribution >= 0.6 is 0 Å². The third-order valence-corrected chi connectivity index (χ3v) is 4.86. The van der Waals surface area contributed by atoms with Gasteiger partial charge in [-0.3, -0.25) is 0 Å². The van der Waals surface area contributed by atoms with Crippen molar-refractivity contribution in [2.45, 2.75) is 77.5 Å². The minimum Gasteiger partial charge on any atom is -0.393 e. The highest BCUT2D eigenvalue weighted by Gasteiger charge is 2.39. The molecular weight excluding hydrogens is 260 g/mol. The molecule has 2 heterocycles. The number of hydrogen-bond acceptors (Lipinski definition) is 5. The van der Waals surface area contributed by atoms with Crippen molar-refractivity contribution >= 4 is 0 Å². The maximum absolute atomic E-state index is 10.1. The molecule has 2 aliphatic rings. The molecule has 2 rings (SSSR count). The Hall–Kier alpha value is -0.200. The van der Waals surface area contributed by atoms with Crippen LogP contribution in [-0.2, 0) is 18.9 Å². The molecule has 118 valence electrons. The zero-order valence-corrected chi connectivity index (χ0v) is 13.1. The van der Waals surface area contributed by atoms with Crippen molar-refractivity contribution in [3.05, 3.63) is 0 Å². The number of aliphatic hydroxyl groups excluding tert-OH is 1. The van der Waals surface area contributed by atoms with Gasteiger partial charge in [-0.05, 0) is 13.8 Å². The van der Waals surface area contributed by atoms with Crippen LogP contribution in [0.25, 0.3) is 0 Å². The second kappa shape index (κ2) is 6.71. The van der Waals surface area contributed by atoms with Gasteiger partial charge in [-0.2, -0.15) is 0 Å². The largest absolute Gasteiger partial charge is 0.393 e. The molecular formula is C15H28O5. The van der Waals surface area contributed by atoms with E-state index in [4.69, 9.17) is 18.9 Å². The Bertz CT molecular complexity index is 299. The highest BCUT2D eigenvalue weighted by Crippen LogP contribution is 2.32. The average molecular weight is 288 g/mol. The van der Waals surface area contributed by atoms with Crippen LogP contribution in [0.1, 0.15) is 40.5 Å². The third kappa shape index (κ3) is 3.52. The summed E-state index contributed by atoms with van der Waals surface area (Å²) in [7, 11) is 1.65. The van der Waals surface area contributed by atoms with Gasteiger partial charge in [0.25, 0.3) is 0 Å². The minimum absolute atomic E-state index is 0.00884. The number of rotatable bonds is 3. The molecule has 8 unspecified atom stereocenters. The summed E-state index contributed by atoms with van der Waals surface area (Å²) < 4.78 is 23.0. The fourth-order valence-corrected chi connectivity index (χ4v) is 2.88. The van der Waals surface area contributed by atoms with Gasteiger partial charge in [-0.1, -0.05) is 13.8 Å². The molecule has 2 aliphatic heterocycles. The lowest BCUT2D eigenvalue weighted by Gasteiger charge is -2.42. The Kier molecular flexibility index (Phi) is 5.42. The lowest BCUT2D eigenvalue weighted by atomic mass is 9.92. The van der Waals surface area contributed by atoms with E-state index in [0.29, 0.717) is 12.8 Å².